The van der Waals surface area contributed by atoms with E-state index >= 15 is 0 Å². The lowest BCUT2D eigenvalue weighted by atomic mass is 10.0. The van der Waals surface area contributed by atoms with Crippen molar-refractivity contribution in [1.82, 2.24) is 10.1 Å². The van der Waals surface area contributed by atoms with Crippen LogP contribution in [0.5, 0.6) is 0 Å². The van der Waals surface area contributed by atoms with Crippen molar-refractivity contribution in [3.63, 3.8) is 0 Å². The van der Waals surface area contributed by atoms with E-state index in [2.05, 4.69) is 15.5 Å². The maximum Gasteiger partial charge on any atom is 0.321 e. The Morgan fingerprint density at radius 2 is 2.13 bits per heavy atom. The van der Waals surface area contributed by atoms with Gasteiger partial charge in [-0.15, -0.1) is 0 Å². The van der Waals surface area contributed by atoms with E-state index in [1.54, 1.807) is 0 Å². The second-order valence-corrected chi connectivity index (χ2v) is 3.47. The van der Waals surface area contributed by atoms with Crippen molar-refractivity contribution in [1.29, 1.82) is 0 Å². The van der Waals surface area contributed by atoms with Gasteiger partial charge in [-0.3, -0.25) is 0 Å². The smallest absolute Gasteiger partial charge is 0.321 e. The van der Waals surface area contributed by atoms with Crippen LogP contribution in [0.3, 0.4) is 0 Å². The lowest BCUT2D eigenvalue weighted by molar-refractivity contribution is -0.0403. The highest BCUT2D eigenvalue weighted by Crippen LogP contribution is 2.27. The molecule has 1 aromatic rings. The van der Waals surface area contributed by atoms with Crippen molar-refractivity contribution in [2.24, 2.45) is 0 Å². The predicted octanol–water partition coefficient (Wildman–Crippen LogP) is 2.16. The van der Waals surface area contributed by atoms with Crippen LogP contribution in [0.15, 0.2) is 4.52 Å². The second-order valence-electron chi connectivity index (χ2n) is 3.47. The molecule has 0 amide bonds. The minimum atomic E-state index is -0.452. The van der Waals surface area contributed by atoms with Crippen molar-refractivity contribution in [3.8, 4) is 0 Å². The standard InChI is InChI=1S/C10H19N3O2/c1-5-10(4,14-7-3)8-12-9(11-6-2)15-13-8/h5-7H2,1-4H3,(H,11,12,13). The van der Waals surface area contributed by atoms with Gasteiger partial charge in [0.15, 0.2) is 0 Å². The number of hydrogen-bond donors (Lipinski definition) is 1. The van der Waals surface area contributed by atoms with E-state index in [0.717, 1.165) is 13.0 Å². The number of ether oxygens (including phenoxy) is 1. The number of aromatic nitrogens is 2. The van der Waals surface area contributed by atoms with Crippen LogP contribution in [0.1, 0.15) is 39.9 Å². The Labute approximate surface area is 90.2 Å². The lowest BCUT2D eigenvalue weighted by Gasteiger charge is -2.23. The molecule has 0 aromatic carbocycles. The molecule has 0 fully saturated rings. The number of nitrogens with zero attached hydrogens (tertiary/aromatic N) is 2. The molecule has 0 radical (unpaired) electrons. The number of nitrogens with one attached hydrogen (secondary N) is 1. The first-order chi connectivity index (χ1) is 7.16. The maximum atomic E-state index is 5.64. The van der Waals surface area contributed by atoms with Crippen LogP contribution in [0.2, 0.25) is 0 Å². The van der Waals surface area contributed by atoms with Gasteiger partial charge in [-0.25, -0.2) is 0 Å². The monoisotopic (exact) mass is 213 g/mol. The Kier molecular flexibility index (Phi) is 4.08. The van der Waals surface area contributed by atoms with E-state index in [9.17, 15) is 0 Å². The molecule has 1 heterocycles. The van der Waals surface area contributed by atoms with Crippen LogP contribution in [0.25, 0.3) is 0 Å². The lowest BCUT2D eigenvalue weighted by Crippen LogP contribution is -2.26. The van der Waals surface area contributed by atoms with Crippen LogP contribution in [-0.4, -0.2) is 23.3 Å². The zero-order chi connectivity index (χ0) is 11.3. The van der Waals surface area contributed by atoms with Crippen molar-refractivity contribution in [3.05, 3.63) is 5.82 Å². The molecule has 1 rings (SSSR count). The quantitative estimate of drug-likeness (QED) is 0.784. The Morgan fingerprint density at radius 1 is 1.40 bits per heavy atom. The molecular weight excluding hydrogens is 194 g/mol. The molecule has 5 nitrogen and oxygen atoms in total. The Morgan fingerprint density at radius 3 is 2.67 bits per heavy atom. The van der Waals surface area contributed by atoms with Gasteiger partial charge in [0.1, 0.15) is 5.60 Å². The van der Waals surface area contributed by atoms with Gasteiger partial charge in [-0.2, -0.15) is 4.98 Å². The fourth-order valence-corrected chi connectivity index (χ4v) is 1.30. The van der Waals surface area contributed by atoms with Crippen molar-refractivity contribution < 1.29 is 9.26 Å². The second kappa shape index (κ2) is 5.11. The van der Waals surface area contributed by atoms with Gasteiger partial charge in [0, 0.05) is 13.2 Å². The number of anilines is 1. The molecule has 0 saturated carbocycles. The molecule has 5 heteroatoms. The average molecular weight is 213 g/mol. The summed E-state index contributed by atoms with van der Waals surface area (Å²) in [4.78, 5) is 4.25. The Bertz CT molecular complexity index is 301. The molecule has 1 N–H and O–H groups in total. The van der Waals surface area contributed by atoms with E-state index < -0.39 is 5.60 Å². The molecule has 0 spiro atoms. The minimum absolute atomic E-state index is 0.451. The molecule has 0 bridgehead atoms. The fraction of sp³-hybridized carbons (Fsp3) is 0.800. The highest BCUT2D eigenvalue weighted by atomic mass is 16.5. The topological polar surface area (TPSA) is 60.2 Å². The van der Waals surface area contributed by atoms with Crippen LogP contribution < -0.4 is 5.32 Å². The van der Waals surface area contributed by atoms with E-state index in [1.807, 2.05) is 27.7 Å². The van der Waals surface area contributed by atoms with Gasteiger partial charge in [0.25, 0.3) is 0 Å². The van der Waals surface area contributed by atoms with Crippen molar-refractivity contribution >= 4 is 6.01 Å². The third kappa shape index (κ3) is 2.68. The summed E-state index contributed by atoms with van der Waals surface area (Å²) in [5.74, 6) is 0.600. The maximum absolute atomic E-state index is 5.64. The van der Waals surface area contributed by atoms with Crippen molar-refractivity contribution in [2.75, 3.05) is 18.5 Å². The largest absolute Gasteiger partial charge is 0.367 e. The Hall–Kier alpha value is -1.10. The SMILES string of the molecule is CCNc1nc(C(C)(CC)OCC)no1. The zero-order valence-electron chi connectivity index (χ0n) is 9.83. The predicted molar refractivity (Wildman–Crippen MR) is 57.7 cm³/mol. The molecule has 0 aliphatic heterocycles. The third-order valence-electron chi connectivity index (χ3n) is 2.36. The third-order valence-corrected chi connectivity index (χ3v) is 2.36. The molecule has 1 aromatic heterocycles. The minimum Gasteiger partial charge on any atom is -0.367 e. The van der Waals surface area contributed by atoms with Gasteiger partial charge in [0.05, 0.1) is 0 Å². The fourth-order valence-electron chi connectivity index (χ4n) is 1.30. The van der Waals surface area contributed by atoms with Gasteiger partial charge >= 0.3 is 6.01 Å². The molecule has 0 aliphatic rings. The van der Waals surface area contributed by atoms with E-state index in [1.165, 1.54) is 0 Å². The summed E-state index contributed by atoms with van der Waals surface area (Å²) < 4.78 is 10.7. The summed E-state index contributed by atoms with van der Waals surface area (Å²) in [5, 5.41) is 6.89. The normalized spacial score (nSPS) is 14.9. The van der Waals surface area contributed by atoms with E-state index in [4.69, 9.17) is 9.26 Å². The van der Waals surface area contributed by atoms with Gasteiger partial charge in [-0.05, 0) is 27.2 Å². The highest BCUT2D eigenvalue weighted by Gasteiger charge is 2.30. The molecule has 86 valence electrons. The zero-order valence-corrected chi connectivity index (χ0v) is 9.83. The van der Waals surface area contributed by atoms with Crippen LogP contribution in [-0.2, 0) is 10.3 Å². The van der Waals surface area contributed by atoms with Gasteiger partial charge in [0.2, 0.25) is 5.82 Å². The van der Waals surface area contributed by atoms with E-state index in [0.29, 0.717) is 18.4 Å². The van der Waals surface area contributed by atoms with Crippen LogP contribution >= 0.6 is 0 Å². The Balaban J connectivity index is 2.82. The average Bonchev–Trinajstić information content (AvgIpc) is 2.68. The molecular formula is C10H19N3O2. The molecule has 0 aliphatic carbocycles. The van der Waals surface area contributed by atoms with Gasteiger partial charge < -0.3 is 14.6 Å². The van der Waals surface area contributed by atoms with Crippen LogP contribution in [0.4, 0.5) is 6.01 Å². The molecule has 0 saturated heterocycles. The molecule has 15 heavy (non-hydrogen) atoms. The van der Waals surface area contributed by atoms with E-state index in [-0.39, 0.29) is 0 Å². The van der Waals surface area contributed by atoms with Gasteiger partial charge in [-0.1, -0.05) is 12.1 Å². The van der Waals surface area contributed by atoms with Crippen LogP contribution in [0, 0.1) is 0 Å². The van der Waals surface area contributed by atoms with Crippen molar-refractivity contribution in [2.45, 2.75) is 39.7 Å². The summed E-state index contributed by atoms with van der Waals surface area (Å²) in [7, 11) is 0. The first kappa shape index (κ1) is 12.0. The molecule has 1 atom stereocenters. The highest BCUT2D eigenvalue weighted by molar-refractivity contribution is 5.19. The first-order valence-electron chi connectivity index (χ1n) is 5.38. The summed E-state index contributed by atoms with van der Waals surface area (Å²) >= 11 is 0. The summed E-state index contributed by atoms with van der Waals surface area (Å²) in [6.07, 6.45) is 0.811. The summed E-state index contributed by atoms with van der Waals surface area (Å²) in [5.41, 5.74) is -0.452. The first-order valence-corrected chi connectivity index (χ1v) is 5.38. The molecule has 1 unspecified atom stereocenters. The summed E-state index contributed by atoms with van der Waals surface area (Å²) in [6, 6.07) is 0.451. The summed E-state index contributed by atoms with van der Waals surface area (Å²) in [6.45, 7) is 9.34. The number of rotatable bonds is 6. The number of hydrogen-bond acceptors (Lipinski definition) is 5.